The minimum atomic E-state index is -0.815. The van der Waals surface area contributed by atoms with Crippen molar-refractivity contribution in [2.75, 3.05) is 60.3 Å². The van der Waals surface area contributed by atoms with Gasteiger partial charge in [-0.3, -0.25) is 0 Å². The summed E-state index contributed by atoms with van der Waals surface area (Å²) in [6.07, 6.45) is 0.214. The fourth-order valence-corrected chi connectivity index (χ4v) is 3.68. The molecule has 0 spiro atoms. The molecule has 2 N–H and O–H groups in total. The van der Waals surface area contributed by atoms with Crippen LogP contribution in [0.25, 0.3) is 0 Å². The normalized spacial score (nSPS) is 14.8. The lowest BCUT2D eigenvalue weighted by Crippen LogP contribution is -2.53. The third-order valence-electron chi connectivity index (χ3n) is 5.90. The number of benzene rings is 2. The van der Waals surface area contributed by atoms with Gasteiger partial charge in [-0.25, -0.2) is 22.4 Å². The topological polar surface area (TPSA) is 98.7 Å². The molecule has 0 radical (unpaired) electrons. The number of carbonyl (C=O) groups is 1. The van der Waals surface area contributed by atoms with Crippen LogP contribution in [0.2, 0.25) is 0 Å². The fraction of sp³-hybridized carbons (Fsp3) is 0.519. The molecule has 1 heterocycles. The van der Waals surface area contributed by atoms with Crippen molar-refractivity contribution in [3.05, 3.63) is 58.7 Å². The van der Waals surface area contributed by atoms with E-state index in [4.69, 9.17) is 28.8 Å². The highest BCUT2D eigenvalue weighted by Gasteiger charge is 2.27. The third-order valence-corrected chi connectivity index (χ3v) is 5.90. The molecular formula is C27H36F4N2O7. The number of nitrogens with zero attached hydrogens (tertiary/aromatic N) is 1. The van der Waals surface area contributed by atoms with Crippen LogP contribution in [0.1, 0.15) is 24.5 Å². The molecule has 0 bridgehead atoms. The van der Waals surface area contributed by atoms with Crippen LogP contribution in [0.3, 0.4) is 0 Å². The summed E-state index contributed by atoms with van der Waals surface area (Å²) in [5.41, 5.74) is -0.648. The van der Waals surface area contributed by atoms with Gasteiger partial charge in [0.25, 0.3) is 0 Å². The second-order valence-electron chi connectivity index (χ2n) is 8.59. The lowest BCUT2D eigenvalue weighted by atomic mass is 10.1. The van der Waals surface area contributed by atoms with Crippen molar-refractivity contribution in [1.82, 2.24) is 10.2 Å². The number of halogens is 4. The molecule has 1 aliphatic heterocycles. The monoisotopic (exact) mass is 576 g/mol. The summed E-state index contributed by atoms with van der Waals surface area (Å²) >= 11 is 0. The first-order chi connectivity index (χ1) is 19.2. The van der Waals surface area contributed by atoms with E-state index >= 15 is 0 Å². The number of aliphatic hydroxyl groups is 1. The molecule has 3 rings (SSSR count). The molecule has 1 aliphatic rings. The van der Waals surface area contributed by atoms with E-state index in [1.54, 1.807) is 4.90 Å². The van der Waals surface area contributed by atoms with E-state index in [1.165, 1.54) is 14.2 Å². The number of aliphatic hydroxyl groups excluding tert-OH is 1. The summed E-state index contributed by atoms with van der Waals surface area (Å²) < 4.78 is 79.2. The first-order valence-electron chi connectivity index (χ1n) is 12.7. The molecule has 1 unspecified atom stereocenters. The van der Waals surface area contributed by atoms with E-state index in [1.807, 2.05) is 6.92 Å². The Morgan fingerprint density at radius 2 is 1.40 bits per heavy atom. The predicted octanol–water partition coefficient (Wildman–Crippen LogP) is 3.79. The van der Waals surface area contributed by atoms with Crippen molar-refractivity contribution in [2.24, 2.45) is 0 Å². The lowest BCUT2D eigenvalue weighted by Gasteiger charge is -2.34. The second kappa shape index (κ2) is 17.5. The highest BCUT2D eigenvalue weighted by atomic mass is 19.1. The lowest BCUT2D eigenvalue weighted by molar-refractivity contribution is 0.0698. The number of methoxy groups -OCH3 is 2. The van der Waals surface area contributed by atoms with E-state index in [2.05, 4.69) is 5.32 Å². The quantitative estimate of drug-likeness (QED) is 0.291. The minimum Gasteiger partial charge on any atom is -0.491 e. The zero-order valence-electron chi connectivity index (χ0n) is 22.8. The molecule has 0 aliphatic carbocycles. The number of nitrogens with one attached hydrogen (secondary N) is 1. The van der Waals surface area contributed by atoms with E-state index in [0.717, 1.165) is 30.7 Å². The van der Waals surface area contributed by atoms with Gasteiger partial charge in [-0.2, -0.15) is 0 Å². The van der Waals surface area contributed by atoms with Gasteiger partial charge < -0.3 is 39.0 Å². The first kappa shape index (κ1) is 33.1. The molecule has 2 aromatic rings. The Kier molecular flexibility index (Phi) is 14.5. The maximum absolute atomic E-state index is 14.1. The Labute approximate surface area is 230 Å². The SMILES string of the molecule is CCC1CNCCN1C(=O)OCc1c(F)cc(OCCOC)cc1F.COCCOc1cc(F)c(CO)c(F)c1. The summed E-state index contributed by atoms with van der Waals surface area (Å²) in [5, 5.41) is 11.9. The Morgan fingerprint density at radius 1 is 0.900 bits per heavy atom. The van der Waals surface area contributed by atoms with E-state index in [-0.39, 0.29) is 41.9 Å². The molecule has 40 heavy (non-hydrogen) atoms. The van der Waals surface area contributed by atoms with Crippen LogP contribution in [0.4, 0.5) is 22.4 Å². The number of piperazine rings is 1. The predicted molar refractivity (Wildman–Crippen MR) is 137 cm³/mol. The van der Waals surface area contributed by atoms with Gasteiger partial charge in [0, 0.05) is 69.7 Å². The average Bonchev–Trinajstić information content (AvgIpc) is 2.93. The van der Waals surface area contributed by atoms with Crippen LogP contribution in [0.5, 0.6) is 11.5 Å². The van der Waals surface area contributed by atoms with Crippen molar-refractivity contribution in [3.8, 4) is 11.5 Å². The van der Waals surface area contributed by atoms with Crippen molar-refractivity contribution >= 4 is 6.09 Å². The molecule has 1 amide bonds. The van der Waals surface area contributed by atoms with Gasteiger partial charge in [0.15, 0.2) is 0 Å². The number of hydrogen-bond acceptors (Lipinski definition) is 8. The number of hydrogen-bond donors (Lipinski definition) is 2. The highest BCUT2D eigenvalue weighted by molar-refractivity contribution is 5.68. The van der Waals surface area contributed by atoms with E-state index < -0.39 is 42.6 Å². The van der Waals surface area contributed by atoms with Gasteiger partial charge in [0.05, 0.1) is 25.4 Å². The van der Waals surface area contributed by atoms with Gasteiger partial charge in [0.2, 0.25) is 0 Å². The Morgan fingerprint density at radius 3 is 1.85 bits per heavy atom. The number of ether oxygens (including phenoxy) is 5. The van der Waals surface area contributed by atoms with Gasteiger partial charge >= 0.3 is 6.09 Å². The van der Waals surface area contributed by atoms with Gasteiger partial charge in [-0.05, 0) is 6.42 Å². The molecule has 0 saturated carbocycles. The van der Waals surface area contributed by atoms with Crippen molar-refractivity contribution in [3.63, 3.8) is 0 Å². The average molecular weight is 577 g/mol. The van der Waals surface area contributed by atoms with Gasteiger partial charge in [-0.1, -0.05) is 6.92 Å². The third kappa shape index (κ3) is 10.1. The molecular weight excluding hydrogens is 540 g/mol. The van der Waals surface area contributed by atoms with Crippen LogP contribution in [0, 0.1) is 23.3 Å². The van der Waals surface area contributed by atoms with Crippen LogP contribution < -0.4 is 14.8 Å². The van der Waals surface area contributed by atoms with Crippen LogP contribution in [0.15, 0.2) is 24.3 Å². The van der Waals surface area contributed by atoms with Crippen LogP contribution in [-0.4, -0.2) is 82.4 Å². The summed E-state index contributed by atoms with van der Waals surface area (Å²) in [4.78, 5) is 13.8. The first-order valence-corrected chi connectivity index (χ1v) is 12.7. The Hall–Kier alpha value is -3.13. The zero-order valence-corrected chi connectivity index (χ0v) is 22.8. The Bertz CT molecular complexity index is 1030. The standard InChI is InChI=1S/C17H24F2N2O4.C10H12F2O3/c1-3-12-10-20-4-5-21(12)17(22)25-11-14-15(18)8-13(9-16(14)19)24-7-6-23-2;1-14-2-3-15-7-4-9(11)8(6-13)10(12)5-7/h8-9,12,20H,3-7,10-11H2,1-2H3;4-5,13H,2-3,6H2,1H3. The van der Waals surface area contributed by atoms with E-state index in [9.17, 15) is 22.4 Å². The molecule has 224 valence electrons. The fourth-order valence-electron chi connectivity index (χ4n) is 3.68. The molecule has 1 saturated heterocycles. The van der Waals surface area contributed by atoms with Crippen LogP contribution >= 0.6 is 0 Å². The number of rotatable bonds is 12. The van der Waals surface area contributed by atoms with Gasteiger partial charge in [0.1, 0.15) is 54.6 Å². The molecule has 9 nitrogen and oxygen atoms in total. The van der Waals surface area contributed by atoms with E-state index in [0.29, 0.717) is 32.8 Å². The molecule has 13 heteroatoms. The van der Waals surface area contributed by atoms with Crippen molar-refractivity contribution < 1.29 is 51.1 Å². The minimum absolute atomic E-state index is 0.0208. The number of carbonyl (C=O) groups excluding carboxylic acids is 1. The highest BCUT2D eigenvalue weighted by Crippen LogP contribution is 2.23. The molecule has 0 aromatic heterocycles. The summed E-state index contributed by atoms with van der Waals surface area (Å²) in [5.74, 6) is -3.11. The number of amides is 1. The maximum Gasteiger partial charge on any atom is 0.410 e. The van der Waals surface area contributed by atoms with Crippen molar-refractivity contribution in [1.29, 1.82) is 0 Å². The summed E-state index contributed by atoms with van der Waals surface area (Å²) in [6.45, 7) is 3.75. The van der Waals surface area contributed by atoms with Crippen LogP contribution in [-0.2, 0) is 27.4 Å². The smallest absolute Gasteiger partial charge is 0.410 e. The second-order valence-corrected chi connectivity index (χ2v) is 8.59. The summed E-state index contributed by atoms with van der Waals surface area (Å²) in [6, 6.07) is 4.23. The zero-order chi connectivity index (χ0) is 29.5. The molecule has 1 atom stereocenters. The van der Waals surface area contributed by atoms with Gasteiger partial charge in [-0.15, -0.1) is 0 Å². The van der Waals surface area contributed by atoms with Crippen molar-refractivity contribution in [2.45, 2.75) is 32.6 Å². The maximum atomic E-state index is 14.1. The molecule has 1 fully saturated rings. The molecule has 2 aromatic carbocycles. The largest absolute Gasteiger partial charge is 0.491 e. The Balaban J connectivity index is 0.000000319. The summed E-state index contributed by atoms with van der Waals surface area (Å²) in [7, 11) is 3.00.